The number of allylic oxidation sites excluding steroid dienone is 2. The first-order valence-electron chi connectivity index (χ1n) is 10.1. The van der Waals surface area contributed by atoms with Gasteiger partial charge >= 0.3 is 0 Å². The fourth-order valence-corrected chi connectivity index (χ4v) is 5.46. The molecule has 2 rings (SSSR count). The molecule has 0 aliphatic heterocycles. The van der Waals surface area contributed by atoms with Crippen molar-refractivity contribution in [2.24, 2.45) is 0 Å². The standard InChI is InChI=1S/C22H30O4S2/c23-13-7-1-3-9-15-27-21-19(25)17-11-5-6-12-18(17)20(26)22(21)28-16-10-4-2-8-14-24/h5-6,11-12,23-24H,1-4,7-10,13-16H2. The third-order valence-electron chi connectivity index (χ3n) is 4.63. The van der Waals surface area contributed by atoms with Crippen molar-refractivity contribution in [2.45, 2.75) is 51.4 Å². The molecule has 0 saturated carbocycles. The number of ketones is 2. The molecule has 1 aliphatic carbocycles. The molecular weight excluding hydrogens is 392 g/mol. The first kappa shape index (κ1) is 23.2. The summed E-state index contributed by atoms with van der Waals surface area (Å²) in [6.07, 6.45) is 7.58. The zero-order chi connectivity index (χ0) is 20.2. The first-order valence-corrected chi connectivity index (χ1v) is 12.1. The second kappa shape index (κ2) is 13.2. The largest absolute Gasteiger partial charge is 0.396 e. The Morgan fingerprint density at radius 1 is 0.607 bits per heavy atom. The molecule has 0 aromatic heterocycles. The number of fused-ring (bicyclic) bond motifs is 1. The third-order valence-corrected chi connectivity index (χ3v) is 7.10. The van der Waals surface area contributed by atoms with Gasteiger partial charge in [0, 0.05) is 24.3 Å². The highest BCUT2D eigenvalue weighted by Crippen LogP contribution is 2.38. The maximum atomic E-state index is 13.0. The molecule has 0 unspecified atom stereocenters. The molecule has 154 valence electrons. The van der Waals surface area contributed by atoms with Crippen molar-refractivity contribution < 1.29 is 19.8 Å². The van der Waals surface area contributed by atoms with Crippen LogP contribution in [0.15, 0.2) is 34.1 Å². The number of rotatable bonds is 14. The van der Waals surface area contributed by atoms with E-state index in [1.165, 1.54) is 23.5 Å². The normalized spacial score (nSPS) is 13.9. The Bertz CT molecular complexity index is 628. The van der Waals surface area contributed by atoms with Crippen LogP contribution in [0, 0.1) is 0 Å². The smallest absolute Gasteiger partial charge is 0.201 e. The Hall–Kier alpha value is -1.08. The van der Waals surface area contributed by atoms with Gasteiger partial charge in [-0.05, 0) is 37.2 Å². The number of aliphatic hydroxyl groups is 2. The number of hydrogen-bond donors (Lipinski definition) is 2. The van der Waals surface area contributed by atoms with Gasteiger partial charge in [0.05, 0.1) is 9.81 Å². The van der Waals surface area contributed by atoms with Gasteiger partial charge in [-0.2, -0.15) is 0 Å². The number of unbranched alkanes of at least 4 members (excludes halogenated alkanes) is 6. The molecule has 2 N–H and O–H groups in total. The van der Waals surface area contributed by atoms with Crippen LogP contribution < -0.4 is 0 Å². The molecule has 6 heteroatoms. The van der Waals surface area contributed by atoms with Crippen molar-refractivity contribution in [1.29, 1.82) is 0 Å². The fraction of sp³-hybridized carbons (Fsp3) is 0.545. The van der Waals surface area contributed by atoms with Crippen molar-refractivity contribution in [1.82, 2.24) is 0 Å². The average molecular weight is 423 g/mol. The van der Waals surface area contributed by atoms with Gasteiger partial charge in [0.1, 0.15) is 0 Å². The minimum atomic E-state index is -0.0293. The summed E-state index contributed by atoms with van der Waals surface area (Å²) in [5.74, 6) is 1.56. The van der Waals surface area contributed by atoms with Gasteiger partial charge in [0.25, 0.3) is 0 Å². The number of carbonyl (C=O) groups is 2. The number of thioether (sulfide) groups is 2. The van der Waals surface area contributed by atoms with E-state index in [1.807, 2.05) is 0 Å². The highest BCUT2D eigenvalue weighted by Gasteiger charge is 2.32. The van der Waals surface area contributed by atoms with Crippen LogP contribution in [0.3, 0.4) is 0 Å². The highest BCUT2D eigenvalue weighted by molar-refractivity contribution is 8.08. The van der Waals surface area contributed by atoms with Crippen molar-refractivity contribution in [3.8, 4) is 0 Å². The van der Waals surface area contributed by atoms with Gasteiger partial charge in [0.2, 0.25) is 11.6 Å². The van der Waals surface area contributed by atoms with E-state index < -0.39 is 0 Å². The van der Waals surface area contributed by atoms with E-state index >= 15 is 0 Å². The number of aliphatic hydroxyl groups excluding tert-OH is 2. The Morgan fingerprint density at radius 2 is 1.00 bits per heavy atom. The molecule has 0 spiro atoms. The van der Waals surface area contributed by atoms with Crippen molar-refractivity contribution in [3.05, 3.63) is 45.2 Å². The zero-order valence-electron chi connectivity index (χ0n) is 16.3. The Labute approximate surface area is 176 Å². The van der Waals surface area contributed by atoms with Crippen LogP contribution in [-0.2, 0) is 0 Å². The molecule has 0 heterocycles. The van der Waals surface area contributed by atoms with Crippen molar-refractivity contribution >= 4 is 35.1 Å². The van der Waals surface area contributed by atoms with Crippen LogP contribution in [-0.4, -0.2) is 46.5 Å². The summed E-state index contributed by atoms with van der Waals surface area (Å²) in [7, 11) is 0. The first-order chi connectivity index (χ1) is 13.7. The van der Waals surface area contributed by atoms with E-state index in [0.717, 1.165) is 62.9 Å². The van der Waals surface area contributed by atoms with E-state index in [4.69, 9.17) is 10.2 Å². The summed E-state index contributed by atoms with van der Waals surface area (Å²) >= 11 is 3.01. The van der Waals surface area contributed by atoms with Crippen molar-refractivity contribution in [2.75, 3.05) is 24.7 Å². The zero-order valence-corrected chi connectivity index (χ0v) is 18.0. The molecule has 0 radical (unpaired) electrons. The van der Waals surface area contributed by atoms with Crippen LogP contribution in [0.5, 0.6) is 0 Å². The quantitative estimate of drug-likeness (QED) is 0.418. The molecule has 1 aromatic rings. The minimum Gasteiger partial charge on any atom is -0.396 e. The van der Waals surface area contributed by atoms with E-state index in [9.17, 15) is 9.59 Å². The van der Waals surface area contributed by atoms with E-state index in [1.54, 1.807) is 24.3 Å². The summed E-state index contributed by atoms with van der Waals surface area (Å²) in [6, 6.07) is 7.10. The molecule has 0 amide bonds. The third kappa shape index (κ3) is 6.76. The molecular formula is C22H30O4S2. The van der Waals surface area contributed by atoms with E-state index in [2.05, 4.69) is 0 Å². The molecule has 0 atom stereocenters. The summed E-state index contributed by atoms with van der Waals surface area (Å²) in [4.78, 5) is 27.2. The SMILES string of the molecule is O=C1C(SCCCCCCO)=C(SCCCCCCO)C(=O)c2ccccc21. The van der Waals surface area contributed by atoms with Gasteiger partial charge in [-0.15, -0.1) is 23.5 Å². The predicted octanol–water partition coefficient (Wildman–Crippen LogP) is 4.85. The predicted molar refractivity (Wildman–Crippen MR) is 118 cm³/mol. The molecule has 0 bridgehead atoms. The van der Waals surface area contributed by atoms with E-state index in [0.29, 0.717) is 20.9 Å². The van der Waals surface area contributed by atoms with Gasteiger partial charge in [0.15, 0.2) is 0 Å². The molecule has 0 fully saturated rings. The fourth-order valence-electron chi connectivity index (χ4n) is 3.08. The molecule has 1 aromatic carbocycles. The van der Waals surface area contributed by atoms with Crippen LogP contribution in [0.25, 0.3) is 0 Å². The minimum absolute atomic E-state index is 0.0293. The molecule has 4 nitrogen and oxygen atoms in total. The van der Waals surface area contributed by atoms with Crippen LogP contribution in [0.2, 0.25) is 0 Å². The average Bonchev–Trinajstić information content (AvgIpc) is 2.72. The summed E-state index contributed by atoms with van der Waals surface area (Å²) < 4.78 is 0. The van der Waals surface area contributed by atoms with Gasteiger partial charge < -0.3 is 10.2 Å². The molecule has 0 saturated heterocycles. The topological polar surface area (TPSA) is 74.6 Å². The van der Waals surface area contributed by atoms with Crippen LogP contribution in [0.1, 0.15) is 72.1 Å². The van der Waals surface area contributed by atoms with Gasteiger partial charge in [-0.1, -0.05) is 49.9 Å². The summed E-state index contributed by atoms with van der Waals surface area (Å²) in [5, 5.41) is 17.7. The maximum Gasteiger partial charge on any atom is 0.201 e. The Morgan fingerprint density at radius 3 is 1.39 bits per heavy atom. The highest BCUT2D eigenvalue weighted by atomic mass is 32.2. The molecule has 1 aliphatic rings. The number of hydrogen-bond acceptors (Lipinski definition) is 6. The lowest BCUT2D eigenvalue weighted by Crippen LogP contribution is -2.20. The monoisotopic (exact) mass is 422 g/mol. The second-order valence-corrected chi connectivity index (χ2v) is 9.04. The molecule has 28 heavy (non-hydrogen) atoms. The van der Waals surface area contributed by atoms with Crippen LogP contribution >= 0.6 is 23.5 Å². The van der Waals surface area contributed by atoms with Crippen LogP contribution in [0.4, 0.5) is 0 Å². The Kier molecular flexibility index (Phi) is 10.9. The number of Topliss-reactive ketones (excluding diaryl/α,β-unsaturated/α-hetero) is 2. The van der Waals surface area contributed by atoms with Gasteiger partial charge in [-0.3, -0.25) is 9.59 Å². The van der Waals surface area contributed by atoms with E-state index in [-0.39, 0.29) is 24.8 Å². The summed E-state index contributed by atoms with van der Waals surface area (Å²) in [5.41, 5.74) is 1.03. The second-order valence-electron chi connectivity index (χ2n) is 6.83. The summed E-state index contributed by atoms with van der Waals surface area (Å²) in [6.45, 7) is 0.447. The Balaban J connectivity index is 2.03. The lowest BCUT2D eigenvalue weighted by molar-refractivity contribution is 0.0988. The van der Waals surface area contributed by atoms with Gasteiger partial charge in [-0.25, -0.2) is 0 Å². The number of carbonyl (C=O) groups excluding carboxylic acids is 2. The lowest BCUT2D eigenvalue weighted by Gasteiger charge is -2.20. The number of benzene rings is 1. The lowest BCUT2D eigenvalue weighted by atomic mass is 9.94. The maximum absolute atomic E-state index is 13.0. The van der Waals surface area contributed by atoms with Crippen molar-refractivity contribution in [3.63, 3.8) is 0 Å².